The number of aryl methyl sites for hydroxylation is 1. The van der Waals surface area contributed by atoms with Crippen molar-refractivity contribution in [3.8, 4) is 0 Å². The molecule has 0 fully saturated rings. The maximum Gasteiger partial charge on any atom is 0.127 e. The number of nitrogens with two attached hydrogens (primary N) is 1. The topological polar surface area (TPSA) is 38.9 Å². The van der Waals surface area contributed by atoms with Crippen molar-refractivity contribution in [1.29, 1.82) is 0 Å². The Kier molecular flexibility index (Phi) is 5.28. The second-order valence-electron chi connectivity index (χ2n) is 4.56. The van der Waals surface area contributed by atoms with Gasteiger partial charge in [0.25, 0.3) is 0 Å². The first-order chi connectivity index (χ1) is 9.04. The van der Waals surface area contributed by atoms with Crippen molar-refractivity contribution in [2.24, 2.45) is 0 Å². The van der Waals surface area contributed by atoms with Crippen LogP contribution in [0.2, 0.25) is 0 Å². The van der Waals surface area contributed by atoms with E-state index in [-0.39, 0.29) is 5.82 Å². The van der Waals surface area contributed by atoms with Crippen LogP contribution in [0.1, 0.15) is 51.7 Å². The zero-order chi connectivity index (χ0) is 14.6. The zero-order valence-electron chi connectivity index (χ0n) is 12.4. The molecule has 3 heteroatoms. The van der Waals surface area contributed by atoms with Crippen LogP contribution in [-0.4, -0.2) is 4.98 Å². The molecule has 2 N–H and O–H groups in total. The Bertz CT molecular complexity index is 562. The lowest BCUT2D eigenvalue weighted by molar-refractivity contribution is 0.614. The van der Waals surface area contributed by atoms with E-state index in [1.54, 1.807) is 6.07 Å². The average molecular weight is 262 g/mol. The van der Waals surface area contributed by atoms with Gasteiger partial charge in [-0.25, -0.2) is 9.37 Å². The van der Waals surface area contributed by atoms with Crippen LogP contribution in [0.3, 0.4) is 0 Å². The third-order valence-corrected chi connectivity index (χ3v) is 3.05. The van der Waals surface area contributed by atoms with Crippen molar-refractivity contribution >= 4 is 16.7 Å². The Morgan fingerprint density at radius 1 is 1.26 bits per heavy atom. The van der Waals surface area contributed by atoms with E-state index in [4.69, 9.17) is 5.73 Å². The number of rotatable bonds is 2. The highest BCUT2D eigenvalue weighted by Crippen LogP contribution is 2.30. The van der Waals surface area contributed by atoms with E-state index >= 15 is 0 Å². The molecule has 0 aliphatic heterocycles. The number of aromatic nitrogens is 1. The van der Waals surface area contributed by atoms with Gasteiger partial charge in [-0.1, -0.05) is 34.6 Å². The van der Waals surface area contributed by atoms with Crippen molar-refractivity contribution in [3.63, 3.8) is 0 Å². The van der Waals surface area contributed by atoms with Gasteiger partial charge in [0.2, 0.25) is 0 Å². The van der Waals surface area contributed by atoms with Crippen LogP contribution in [0.25, 0.3) is 10.9 Å². The van der Waals surface area contributed by atoms with Crippen LogP contribution in [0.4, 0.5) is 10.2 Å². The maximum atomic E-state index is 13.8. The third-order valence-electron chi connectivity index (χ3n) is 3.05. The summed E-state index contributed by atoms with van der Waals surface area (Å²) in [6.07, 6.45) is 0.661. The van der Waals surface area contributed by atoms with E-state index in [1.165, 1.54) is 6.07 Å². The lowest BCUT2D eigenvalue weighted by Gasteiger charge is -2.14. The van der Waals surface area contributed by atoms with Gasteiger partial charge < -0.3 is 5.73 Å². The maximum absolute atomic E-state index is 13.8. The summed E-state index contributed by atoms with van der Waals surface area (Å²) in [6, 6.07) is 5.02. The van der Waals surface area contributed by atoms with Gasteiger partial charge in [-0.2, -0.15) is 0 Å². The van der Waals surface area contributed by atoms with Crippen LogP contribution >= 0.6 is 0 Å². The fourth-order valence-corrected chi connectivity index (χ4v) is 2.23. The SMILES string of the molecule is CC.CCc1c(F)ccc2nc(N)cc(C(C)C)c12. The van der Waals surface area contributed by atoms with Gasteiger partial charge >= 0.3 is 0 Å². The molecule has 2 aromatic rings. The minimum absolute atomic E-state index is 0.159. The molecular weight excluding hydrogens is 239 g/mol. The largest absolute Gasteiger partial charge is 0.384 e. The van der Waals surface area contributed by atoms with Crippen molar-refractivity contribution in [2.45, 2.75) is 47.0 Å². The number of hydrogen-bond donors (Lipinski definition) is 1. The predicted octanol–water partition coefficient (Wildman–Crippen LogP) is 4.67. The average Bonchev–Trinajstić information content (AvgIpc) is 2.40. The second-order valence-corrected chi connectivity index (χ2v) is 4.56. The van der Waals surface area contributed by atoms with Gasteiger partial charge in [-0.15, -0.1) is 0 Å². The first-order valence-corrected chi connectivity index (χ1v) is 6.92. The molecule has 2 rings (SSSR count). The Labute approximate surface area is 114 Å². The van der Waals surface area contributed by atoms with Gasteiger partial charge in [0.15, 0.2) is 0 Å². The molecule has 1 aromatic carbocycles. The van der Waals surface area contributed by atoms with Crippen LogP contribution in [0, 0.1) is 5.82 Å². The molecule has 0 unspecified atom stereocenters. The molecule has 104 valence electrons. The van der Waals surface area contributed by atoms with Crippen LogP contribution < -0.4 is 5.73 Å². The zero-order valence-corrected chi connectivity index (χ0v) is 12.4. The standard InChI is InChI=1S/C14H17FN2.C2H6/c1-4-9-11(15)5-6-12-14(9)10(8(2)3)7-13(16)17-12;1-2/h5-8H,4H2,1-3H3,(H2,16,17);1-2H3. The Balaban J connectivity index is 0.000000861. The molecule has 0 amide bonds. The summed E-state index contributed by atoms with van der Waals surface area (Å²) in [5.74, 6) is 0.637. The van der Waals surface area contributed by atoms with E-state index in [0.717, 1.165) is 22.0 Å². The van der Waals surface area contributed by atoms with E-state index in [2.05, 4.69) is 18.8 Å². The summed E-state index contributed by atoms with van der Waals surface area (Å²) < 4.78 is 13.8. The molecule has 2 nitrogen and oxygen atoms in total. The monoisotopic (exact) mass is 262 g/mol. The number of benzene rings is 1. The molecule has 0 bridgehead atoms. The molecule has 19 heavy (non-hydrogen) atoms. The quantitative estimate of drug-likeness (QED) is 0.854. The highest BCUT2D eigenvalue weighted by atomic mass is 19.1. The Hall–Kier alpha value is -1.64. The van der Waals surface area contributed by atoms with Crippen molar-refractivity contribution in [3.05, 3.63) is 35.1 Å². The molecule has 1 heterocycles. The van der Waals surface area contributed by atoms with Gasteiger partial charge in [-0.3, -0.25) is 0 Å². The predicted molar refractivity (Wildman–Crippen MR) is 80.9 cm³/mol. The normalized spacial score (nSPS) is 10.5. The molecule has 1 aromatic heterocycles. The van der Waals surface area contributed by atoms with Gasteiger partial charge in [0.05, 0.1) is 5.52 Å². The lowest BCUT2D eigenvalue weighted by atomic mass is 9.94. The van der Waals surface area contributed by atoms with Gasteiger partial charge in [0.1, 0.15) is 11.6 Å². The molecular formula is C16H23FN2. The van der Waals surface area contributed by atoms with E-state index in [0.29, 0.717) is 18.2 Å². The highest BCUT2D eigenvalue weighted by molar-refractivity contribution is 5.87. The third kappa shape index (κ3) is 3.03. The molecule has 0 radical (unpaired) electrons. The van der Waals surface area contributed by atoms with Crippen molar-refractivity contribution < 1.29 is 4.39 Å². The summed E-state index contributed by atoms with van der Waals surface area (Å²) >= 11 is 0. The first kappa shape index (κ1) is 15.4. The Morgan fingerprint density at radius 2 is 1.89 bits per heavy atom. The fraction of sp³-hybridized carbons (Fsp3) is 0.438. The lowest BCUT2D eigenvalue weighted by Crippen LogP contribution is -2.01. The Morgan fingerprint density at radius 3 is 2.42 bits per heavy atom. The fourth-order valence-electron chi connectivity index (χ4n) is 2.23. The van der Waals surface area contributed by atoms with Crippen LogP contribution in [0.5, 0.6) is 0 Å². The second kappa shape index (κ2) is 6.50. The highest BCUT2D eigenvalue weighted by Gasteiger charge is 2.14. The number of anilines is 1. The first-order valence-electron chi connectivity index (χ1n) is 6.92. The smallest absolute Gasteiger partial charge is 0.127 e. The van der Waals surface area contributed by atoms with Gasteiger partial charge in [0, 0.05) is 5.39 Å². The number of halogens is 1. The van der Waals surface area contributed by atoms with E-state index < -0.39 is 0 Å². The number of nitrogens with zero attached hydrogens (tertiary/aromatic N) is 1. The van der Waals surface area contributed by atoms with Crippen LogP contribution in [-0.2, 0) is 6.42 Å². The van der Waals surface area contributed by atoms with Crippen molar-refractivity contribution in [2.75, 3.05) is 5.73 Å². The van der Waals surface area contributed by atoms with Crippen LogP contribution in [0.15, 0.2) is 18.2 Å². The summed E-state index contributed by atoms with van der Waals surface area (Å²) in [5.41, 5.74) is 8.38. The summed E-state index contributed by atoms with van der Waals surface area (Å²) in [6.45, 7) is 10.1. The minimum atomic E-state index is -0.159. The van der Waals surface area contributed by atoms with Gasteiger partial charge in [-0.05, 0) is 41.7 Å². The van der Waals surface area contributed by atoms with Crippen molar-refractivity contribution in [1.82, 2.24) is 4.98 Å². The number of nitrogen functional groups attached to an aromatic ring is 1. The van der Waals surface area contributed by atoms with E-state index in [1.807, 2.05) is 26.8 Å². The molecule has 0 saturated carbocycles. The molecule has 0 saturated heterocycles. The minimum Gasteiger partial charge on any atom is -0.384 e. The summed E-state index contributed by atoms with van der Waals surface area (Å²) in [4.78, 5) is 4.28. The number of pyridine rings is 1. The molecule has 0 spiro atoms. The molecule has 0 atom stereocenters. The summed E-state index contributed by atoms with van der Waals surface area (Å²) in [7, 11) is 0. The number of hydrogen-bond acceptors (Lipinski definition) is 2. The molecule has 0 aliphatic carbocycles. The summed E-state index contributed by atoms with van der Waals surface area (Å²) in [5, 5.41) is 0.928. The molecule has 0 aliphatic rings. The van der Waals surface area contributed by atoms with E-state index in [9.17, 15) is 4.39 Å². The number of fused-ring (bicyclic) bond motifs is 1.